The molecule has 0 saturated heterocycles. The largest absolute Gasteiger partial charge is 0.495 e. The molecule has 4 aromatic rings. The first-order valence-electron chi connectivity index (χ1n) is 9.15. The molecule has 0 atom stereocenters. The fourth-order valence-corrected chi connectivity index (χ4v) is 4.58. The lowest BCUT2D eigenvalue weighted by molar-refractivity contribution is -0.115. The molecule has 0 aliphatic carbocycles. The molecule has 0 unspecified atom stereocenters. The van der Waals surface area contributed by atoms with Crippen molar-refractivity contribution in [1.82, 2.24) is 0 Å². The van der Waals surface area contributed by atoms with Gasteiger partial charge in [0.1, 0.15) is 16.9 Å². The van der Waals surface area contributed by atoms with Gasteiger partial charge in [-0.15, -0.1) is 0 Å². The van der Waals surface area contributed by atoms with E-state index in [1.54, 1.807) is 12.1 Å². The molecule has 0 aliphatic heterocycles. The van der Waals surface area contributed by atoms with E-state index in [4.69, 9.17) is 20.8 Å². The molecular weight excluding hydrogens is 426 g/mol. The summed E-state index contributed by atoms with van der Waals surface area (Å²) in [5.74, 6) is -0.306. The summed E-state index contributed by atoms with van der Waals surface area (Å²) in [5.41, 5.74) is 1.74. The van der Waals surface area contributed by atoms with Crippen molar-refractivity contribution in [2.24, 2.45) is 0 Å². The Balaban J connectivity index is 1.53. The van der Waals surface area contributed by atoms with Gasteiger partial charge >= 0.3 is 0 Å². The minimum atomic E-state index is -3.60. The number of anilines is 1. The van der Waals surface area contributed by atoms with Crippen LogP contribution in [-0.4, -0.2) is 27.2 Å². The first-order chi connectivity index (χ1) is 14.4. The van der Waals surface area contributed by atoms with Gasteiger partial charge < -0.3 is 14.5 Å². The van der Waals surface area contributed by atoms with E-state index >= 15 is 0 Å². The number of nitrogens with one attached hydrogen (secondary N) is 1. The molecule has 8 heteroatoms. The van der Waals surface area contributed by atoms with Gasteiger partial charge in [0, 0.05) is 28.3 Å². The summed E-state index contributed by atoms with van der Waals surface area (Å²) < 4.78 is 36.1. The molecule has 0 fully saturated rings. The molecule has 0 radical (unpaired) electrons. The van der Waals surface area contributed by atoms with Crippen molar-refractivity contribution in [1.29, 1.82) is 0 Å². The van der Waals surface area contributed by atoms with E-state index in [0.717, 1.165) is 16.4 Å². The summed E-state index contributed by atoms with van der Waals surface area (Å²) in [4.78, 5) is 12.6. The number of furan rings is 1. The molecule has 4 rings (SSSR count). The maximum absolute atomic E-state index is 12.4. The van der Waals surface area contributed by atoms with E-state index in [0.29, 0.717) is 22.0 Å². The number of hydrogen-bond donors (Lipinski definition) is 1. The predicted molar refractivity (Wildman–Crippen MR) is 117 cm³/mol. The van der Waals surface area contributed by atoms with Gasteiger partial charge in [-0.05, 0) is 36.4 Å². The lowest BCUT2D eigenvalue weighted by Crippen LogP contribution is -2.17. The van der Waals surface area contributed by atoms with Crippen molar-refractivity contribution in [2.75, 3.05) is 18.2 Å². The zero-order valence-electron chi connectivity index (χ0n) is 16.0. The second-order valence-corrected chi connectivity index (χ2v) is 9.26. The molecule has 154 valence electrons. The van der Waals surface area contributed by atoms with Gasteiger partial charge in [0.05, 0.1) is 23.4 Å². The first kappa shape index (κ1) is 20.3. The smallest absolute Gasteiger partial charge is 0.225 e. The van der Waals surface area contributed by atoms with Gasteiger partial charge in [-0.25, -0.2) is 8.42 Å². The van der Waals surface area contributed by atoms with Crippen molar-refractivity contribution in [3.63, 3.8) is 0 Å². The van der Waals surface area contributed by atoms with Crippen LogP contribution >= 0.6 is 11.6 Å². The van der Waals surface area contributed by atoms with Gasteiger partial charge in [-0.1, -0.05) is 29.8 Å². The molecule has 1 heterocycles. The second-order valence-electron chi connectivity index (χ2n) is 6.72. The summed E-state index contributed by atoms with van der Waals surface area (Å²) >= 11 is 5.80. The van der Waals surface area contributed by atoms with Gasteiger partial charge in [-0.3, -0.25) is 4.79 Å². The van der Waals surface area contributed by atoms with Gasteiger partial charge in [0.15, 0.2) is 9.84 Å². The first-order valence-corrected chi connectivity index (χ1v) is 11.2. The summed E-state index contributed by atoms with van der Waals surface area (Å²) in [6, 6.07) is 16.9. The van der Waals surface area contributed by atoms with Crippen molar-refractivity contribution in [3.05, 3.63) is 65.7 Å². The van der Waals surface area contributed by atoms with E-state index in [-0.39, 0.29) is 17.1 Å². The highest BCUT2D eigenvalue weighted by Crippen LogP contribution is 2.36. The number of ether oxygens (including phenoxy) is 1. The van der Waals surface area contributed by atoms with E-state index < -0.39 is 15.7 Å². The van der Waals surface area contributed by atoms with E-state index in [1.165, 1.54) is 31.4 Å². The molecule has 6 nitrogen and oxygen atoms in total. The van der Waals surface area contributed by atoms with Crippen LogP contribution in [0.25, 0.3) is 21.9 Å². The molecule has 0 saturated carbocycles. The Morgan fingerprint density at radius 1 is 1.03 bits per heavy atom. The van der Waals surface area contributed by atoms with Crippen molar-refractivity contribution in [3.8, 4) is 5.75 Å². The maximum atomic E-state index is 12.4. The summed E-state index contributed by atoms with van der Waals surface area (Å²) in [5, 5.41) is 4.97. The standard InChI is InChI=1S/C22H18ClNO5S/c1-28-21-12-17-16-4-2-3-5-19(16)29-20(17)13-18(21)24-22(25)10-11-30(26,27)15-8-6-14(23)7-9-15/h2-9,12-13H,10-11H2,1H3,(H,24,25). The lowest BCUT2D eigenvalue weighted by Gasteiger charge is -2.10. The highest BCUT2D eigenvalue weighted by atomic mass is 35.5. The predicted octanol–water partition coefficient (Wildman–Crippen LogP) is 5.05. The number of carbonyl (C=O) groups is 1. The van der Waals surface area contributed by atoms with Crippen LogP contribution in [0.1, 0.15) is 6.42 Å². The number of carbonyl (C=O) groups excluding carboxylic acids is 1. The fraction of sp³-hybridized carbons (Fsp3) is 0.136. The number of amides is 1. The van der Waals surface area contributed by atoms with Crippen LogP contribution in [0.15, 0.2) is 70.0 Å². The van der Waals surface area contributed by atoms with Crippen LogP contribution < -0.4 is 10.1 Å². The van der Waals surface area contributed by atoms with Gasteiger partial charge in [0.25, 0.3) is 0 Å². The lowest BCUT2D eigenvalue weighted by atomic mass is 10.1. The Morgan fingerprint density at radius 2 is 1.77 bits per heavy atom. The summed E-state index contributed by atoms with van der Waals surface area (Å²) in [7, 11) is -2.10. The monoisotopic (exact) mass is 443 g/mol. The Kier molecular flexibility index (Phi) is 5.40. The Labute approximate surface area is 178 Å². The van der Waals surface area contributed by atoms with Crippen LogP contribution in [-0.2, 0) is 14.6 Å². The third-order valence-corrected chi connectivity index (χ3v) is 6.73. The van der Waals surface area contributed by atoms with Crippen LogP contribution in [0.3, 0.4) is 0 Å². The molecule has 1 N–H and O–H groups in total. The topological polar surface area (TPSA) is 85.6 Å². The number of halogens is 1. The maximum Gasteiger partial charge on any atom is 0.225 e. The number of hydrogen-bond acceptors (Lipinski definition) is 5. The van der Waals surface area contributed by atoms with Crippen LogP contribution in [0.5, 0.6) is 5.75 Å². The number of sulfone groups is 1. The quantitative estimate of drug-likeness (QED) is 0.450. The number of benzene rings is 3. The third-order valence-electron chi connectivity index (χ3n) is 4.74. The van der Waals surface area contributed by atoms with Gasteiger partial charge in [-0.2, -0.15) is 0 Å². The molecule has 0 aliphatic rings. The number of methoxy groups -OCH3 is 1. The molecule has 1 amide bonds. The zero-order chi connectivity index (χ0) is 21.3. The van der Waals surface area contributed by atoms with Crippen molar-refractivity contribution in [2.45, 2.75) is 11.3 Å². The van der Waals surface area contributed by atoms with Crippen LogP contribution in [0.2, 0.25) is 5.02 Å². The second kappa shape index (κ2) is 8.01. The summed E-state index contributed by atoms with van der Waals surface area (Å²) in [6.45, 7) is 0. The molecule has 0 spiro atoms. The highest BCUT2D eigenvalue weighted by Gasteiger charge is 2.18. The molecule has 0 bridgehead atoms. The molecular formula is C22H18ClNO5S. The van der Waals surface area contributed by atoms with Crippen LogP contribution in [0.4, 0.5) is 5.69 Å². The van der Waals surface area contributed by atoms with Crippen molar-refractivity contribution < 1.29 is 22.4 Å². The number of para-hydroxylation sites is 1. The van der Waals surface area contributed by atoms with E-state index in [9.17, 15) is 13.2 Å². The number of rotatable bonds is 6. The average molecular weight is 444 g/mol. The van der Waals surface area contributed by atoms with E-state index in [1.807, 2.05) is 24.3 Å². The zero-order valence-corrected chi connectivity index (χ0v) is 17.6. The van der Waals surface area contributed by atoms with Crippen molar-refractivity contribution >= 4 is 55.0 Å². The average Bonchev–Trinajstić information content (AvgIpc) is 3.09. The highest BCUT2D eigenvalue weighted by molar-refractivity contribution is 7.91. The molecule has 1 aromatic heterocycles. The minimum Gasteiger partial charge on any atom is -0.495 e. The van der Waals surface area contributed by atoms with E-state index in [2.05, 4.69) is 5.32 Å². The Bertz CT molecular complexity index is 1340. The van der Waals surface area contributed by atoms with Crippen LogP contribution in [0, 0.1) is 0 Å². The molecule has 30 heavy (non-hydrogen) atoms. The number of fused-ring (bicyclic) bond motifs is 3. The third kappa shape index (κ3) is 3.99. The Morgan fingerprint density at radius 3 is 2.50 bits per heavy atom. The molecule has 3 aromatic carbocycles. The fourth-order valence-electron chi connectivity index (χ4n) is 3.22. The normalized spacial score (nSPS) is 11.7. The van der Waals surface area contributed by atoms with Gasteiger partial charge in [0.2, 0.25) is 5.91 Å². The minimum absolute atomic E-state index is 0.126. The summed E-state index contributed by atoms with van der Waals surface area (Å²) in [6.07, 6.45) is -0.202. The SMILES string of the molecule is COc1cc2c(cc1NC(=O)CCS(=O)(=O)c1ccc(Cl)cc1)oc1ccccc12. The Hall–Kier alpha value is -3.03.